The number of aromatic nitrogens is 1. The Labute approximate surface area is 178 Å². The van der Waals surface area contributed by atoms with Gasteiger partial charge in [-0.3, -0.25) is 4.90 Å². The molecule has 3 aromatic rings. The minimum Gasteiger partial charge on any atom is -0.346 e. The summed E-state index contributed by atoms with van der Waals surface area (Å²) in [4.78, 5) is 2.11. The van der Waals surface area contributed by atoms with E-state index in [1.165, 1.54) is 24.3 Å². The first-order valence-corrected chi connectivity index (χ1v) is 10.1. The Bertz CT molecular complexity index is 970. The molecule has 0 aliphatic rings. The van der Waals surface area contributed by atoms with Crippen LogP contribution in [0.25, 0.3) is 0 Å². The van der Waals surface area contributed by atoms with E-state index in [4.69, 9.17) is 0 Å². The summed E-state index contributed by atoms with van der Waals surface area (Å²) in [7, 11) is 0. The third-order valence-electron chi connectivity index (χ3n) is 4.90. The first kappa shape index (κ1) is 23.0. The van der Waals surface area contributed by atoms with E-state index in [2.05, 4.69) is 18.7 Å². The van der Waals surface area contributed by atoms with Crippen molar-refractivity contribution in [2.24, 2.45) is 5.92 Å². The lowest BCUT2D eigenvalue weighted by Gasteiger charge is -2.25. The van der Waals surface area contributed by atoms with E-state index in [0.717, 1.165) is 36.0 Å². The fraction of sp³-hybridized carbons (Fsp3) is 0.333. The Balaban J connectivity index is 1.75. The molecule has 0 N–H and O–H groups in total. The maximum Gasteiger partial charge on any atom is 0.416 e. The molecule has 0 saturated heterocycles. The molecule has 2 aromatic carbocycles. The largest absolute Gasteiger partial charge is 0.416 e. The number of hydrogen-bond donors (Lipinski definition) is 0. The molecule has 0 atom stereocenters. The van der Waals surface area contributed by atoms with Gasteiger partial charge >= 0.3 is 6.18 Å². The van der Waals surface area contributed by atoms with Crippen molar-refractivity contribution < 1.29 is 22.0 Å². The van der Waals surface area contributed by atoms with Crippen LogP contribution in [-0.4, -0.2) is 16.0 Å². The van der Waals surface area contributed by atoms with Crippen LogP contribution in [0.4, 0.5) is 22.0 Å². The predicted octanol–water partition coefficient (Wildman–Crippen LogP) is 6.49. The zero-order valence-electron chi connectivity index (χ0n) is 17.5. The molecule has 0 bridgehead atoms. The van der Waals surface area contributed by atoms with Gasteiger partial charge in [0.05, 0.1) is 5.56 Å². The monoisotopic (exact) mass is 436 g/mol. The maximum atomic E-state index is 13.6. The summed E-state index contributed by atoms with van der Waals surface area (Å²) in [5.74, 6) is -0.868. The third kappa shape index (κ3) is 6.66. The highest BCUT2D eigenvalue weighted by Crippen LogP contribution is 2.29. The number of alkyl halides is 3. The van der Waals surface area contributed by atoms with Gasteiger partial charge in [0.1, 0.15) is 11.6 Å². The molecular formula is C24H25F5N2. The minimum atomic E-state index is -4.36. The zero-order valence-corrected chi connectivity index (χ0v) is 17.5. The van der Waals surface area contributed by atoms with Crippen LogP contribution in [0.3, 0.4) is 0 Å². The van der Waals surface area contributed by atoms with Crippen molar-refractivity contribution in [1.29, 1.82) is 0 Å². The van der Waals surface area contributed by atoms with Crippen molar-refractivity contribution in [1.82, 2.24) is 9.47 Å². The van der Waals surface area contributed by atoms with E-state index >= 15 is 0 Å². The van der Waals surface area contributed by atoms with Crippen molar-refractivity contribution in [2.45, 2.75) is 39.7 Å². The Morgan fingerprint density at radius 3 is 2.10 bits per heavy atom. The molecule has 7 heteroatoms. The summed E-state index contributed by atoms with van der Waals surface area (Å²) in [6, 6.07) is 12.5. The molecule has 1 aromatic heterocycles. The lowest BCUT2D eigenvalue weighted by Crippen LogP contribution is -2.28. The van der Waals surface area contributed by atoms with E-state index in [9.17, 15) is 22.0 Å². The first-order chi connectivity index (χ1) is 14.6. The number of benzene rings is 2. The van der Waals surface area contributed by atoms with Crippen LogP contribution in [0.2, 0.25) is 0 Å². The van der Waals surface area contributed by atoms with Crippen LogP contribution in [-0.2, 0) is 25.8 Å². The van der Waals surface area contributed by atoms with Crippen LogP contribution in [0.1, 0.15) is 36.2 Å². The molecule has 2 nitrogen and oxygen atoms in total. The van der Waals surface area contributed by atoms with E-state index in [1.54, 1.807) is 0 Å². The molecule has 0 unspecified atom stereocenters. The summed E-state index contributed by atoms with van der Waals surface area (Å²) >= 11 is 0. The molecule has 0 aliphatic carbocycles. The number of halogens is 5. The molecule has 0 radical (unpaired) electrons. The van der Waals surface area contributed by atoms with Gasteiger partial charge in [-0.2, -0.15) is 13.2 Å². The quantitative estimate of drug-likeness (QED) is 0.366. The van der Waals surface area contributed by atoms with Gasteiger partial charge in [0.25, 0.3) is 0 Å². The predicted molar refractivity (Wildman–Crippen MR) is 110 cm³/mol. The van der Waals surface area contributed by atoms with Crippen molar-refractivity contribution in [2.75, 3.05) is 6.54 Å². The molecule has 31 heavy (non-hydrogen) atoms. The van der Waals surface area contributed by atoms with Gasteiger partial charge in [0, 0.05) is 44.1 Å². The summed E-state index contributed by atoms with van der Waals surface area (Å²) < 4.78 is 67.5. The van der Waals surface area contributed by atoms with Gasteiger partial charge in [-0.15, -0.1) is 0 Å². The van der Waals surface area contributed by atoms with E-state index in [0.29, 0.717) is 31.1 Å². The van der Waals surface area contributed by atoms with Crippen LogP contribution >= 0.6 is 0 Å². The van der Waals surface area contributed by atoms with Gasteiger partial charge in [0.15, 0.2) is 0 Å². The molecule has 1 heterocycles. The Hall–Kier alpha value is -2.67. The minimum absolute atomic E-state index is 0.344. The first-order valence-electron chi connectivity index (χ1n) is 10.1. The molecule has 0 saturated carbocycles. The van der Waals surface area contributed by atoms with E-state index < -0.39 is 23.4 Å². The second-order valence-corrected chi connectivity index (χ2v) is 8.16. The standard InChI is InChI=1S/C24H25F5N2/c1-17(2)13-30(14-19-10-21(25)12-22(26)11-19)16-23-4-3-9-31(23)15-18-5-7-20(8-6-18)24(27,28)29/h3-12,17H,13-16H2,1-2H3. The topological polar surface area (TPSA) is 8.17 Å². The Morgan fingerprint density at radius 2 is 1.52 bits per heavy atom. The van der Waals surface area contributed by atoms with E-state index in [1.807, 2.05) is 22.9 Å². The molecule has 3 rings (SSSR count). The molecule has 0 amide bonds. The lowest BCUT2D eigenvalue weighted by molar-refractivity contribution is -0.137. The number of rotatable bonds is 8. The van der Waals surface area contributed by atoms with Gasteiger partial charge in [0.2, 0.25) is 0 Å². The van der Waals surface area contributed by atoms with E-state index in [-0.39, 0.29) is 0 Å². The van der Waals surface area contributed by atoms with Crippen molar-refractivity contribution in [3.8, 4) is 0 Å². The highest BCUT2D eigenvalue weighted by molar-refractivity contribution is 5.25. The fourth-order valence-corrected chi connectivity index (χ4v) is 3.63. The summed E-state index contributed by atoms with van der Waals surface area (Å²) in [6.45, 7) is 6.23. The van der Waals surface area contributed by atoms with Gasteiger partial charge in [-0.25, -0.2) is 8.78 Å². The molecule has 0 aliphatic heterocycles. The third-order valence-corrected chi connectivity index (χ3v) is 4.90. The van der Waals surface area contributed by atoms with Crippen LogP contribution < -0.4 is 0 Å². The van der Waals surface area contributed by atoms with Crippen molar-refractivity contribution in [3.05, 3.63) is 94.8 Å². The molecule has 0 spiro atoms. The van der Waals surface area contributed by atoms with Crippen LogP contribution in [0.15, 0.2) is 60.8 Å². The number of nitrogens with zero attached hydrogens (tertiary/aromatic N) is 2. The SMILES string of the molecule is CC(C)CN(Cc1cc(F)cc(F)c1)Cc1cccn1Cc1ccc(C(F)(F)F)cc1. The second kappa shape index (κ2) is 9.64. The average molecular weight is 436 g/mol. The highest BCUT2D eigenvalue weighted by Gasteiger charge is 2.29. The lowest BCUT2D eigenvalue weighted by atomic mass is 10.1. The second-order valence-electron chi connectivity index (χ2n) is 8.16. The molecule has 166 valence electrons. The summed E-state index contributed by atoms with van der Waals surface area (Å²) in [5, 5.41) is 0. The number of hydrogen-bond acceptors (Lipinski definition) is 1. The van der Waals surface area contributed by atoms with Crippen LogP contribution in [0, 0.1) is 17.6 Å². The zero-order chi connectivity index (χ0) is 22.6. The Morgan fingerprint density at radius 1 is 0.871 bits per heavy atom. The maximum absolute atomic E-state index is 13.6. The van der Waals surface area contributed by atoms with Crippen LogP contribution in [0.5, 0.6) is 0 Å². The smallest absolute Gasteiger partial charge is 0.346 e. The normalized spacial score (nSPS) is 12.2. The van der Waals surface area contributed by atoms with Gasteiger partial charge in [-0.1, -0.05) is 26.0 Å². The summed E-state index contributed by atoms with van der Waals surface area (Å²) in [6.07, 6.45) is -2.48. The molecular weight excluding hydrogens is 411 g/mol. The van der Waals surface area contributed by atoms with Crippen molar-refractivity contribution >= 4 is 0 Å². The summed E-state index contributed by atoms with van der Waals surface area (Å²) in [5.41, 5.74) is 1.61. The highest BCUT2D eigenvalue weighted by atomic mass is 19.4. The Kier molecular flexibility index (Phi) is 7.15. The average Bonchev–Trinajstić information content (AvgIpc) is 3.06. The fourth-order valence-electron chi connectivity index (χ4n) is 3.63. The van der Waals surface area contributed by atoms with Crippen molar-refractivity contribution in [3.63, 3.8) is 0 Å². The molecule has 0 fully saturated rings. The van der Waals surface area contributed by atoms with Gasteiger partial charge < -0.3 is 4.57 Å². The van der Waals surface area contributed by atoms with Gasteiger partial charge in [-0.05, 0) is 53.4 Å².